The molecule has 0 aromatic carbocycles. The largest absolute Gasteiger partial charge is 0.363 e. The van der Waals surface area contributed by atoms with Gasteiger partial charge in [-0.25, -0.2) is 18.7 Å². The van der Waals surface area contributed by atoms with E-state index in [9.17, 15) is 13.6 Å². The predicted octanol–water partition coefficient (Wildman–Crippen LogP) is 3.73. The van der Waals surface area contributed by atoms with Gasteiger partial charge in [-0.2, -0.15) is 4.52 Å². The number of hydrogen-bond donors (Lipinski definition) is 0. The molecule has 1 aliphatic heterocycles. The van der Waals surface area contributed by atoms with Gasteiger partial charge in [-0.3, -0.25) is 9.78 Å². The quantitative estimate of drug-likeness (QED) is 0.443. The van der Waals surface area contributed by atoms with E-state index in [1.165, 1.54) is 0 Å². The van der Waals surface area contributed by atoms with Crippen molar-refractivity contribution in [3.63, 3.8) is 0 Å². The molecule has 4 aromatic rings. The van der Waals surface area contributed by atoms with Crippen LogP contribution in [0.25, 0.3) is 16.8 Å². The van der Waals surface area contributed by atoms with Crippen molar-refractivity contribution >= 4 is 17.3 Å². The molecule has 0 spiro atoms. The Kier molecular flexibility index (Phi) is 5.66. The average Bonchev–Trinajstić information content (AvgIpc) is 2.85. The third kappa shape index (κ3) is 4.09. The van der Waals surface area contributed by atoms with Gasteiger partial charge in [0.1, 0.15) is 11.5 Å². The van der Waals surface area contributed by atoms with Crippen LogP contribution < -0.4 is 15.4 Å². The molecule has 1 aliphatic rings. The molecule has 0 atom stereocenters. The summed E-state index contributed by atoms with van der Waals surface area (Å²) in [4.78, 5) is 29.8. The van der Waals surface area contributed by atoms with Crippen LogP contribution in [0.4, 0.5) is 20.4 Å². The molecule has 5 heterocycles. The van der Waals surface area contributed by atoms with Gasteiger partial charge in [-0.15, -0.1) is 5.10 Å². The van der Waals surface area contributed by atoms with Crippen molar-refractivity contribution < 1.29 is 8.78 Å². The zero-order chi connectivity index (χ0) is 24.9. The first-order chi connectivity index (χ1) is 16.7. The molecule has 0 saturated heterocycles. The first kappa shape index (κ1) is 22.8. The number of aryl methyl sites for hydroxylation is 1. The van der Waals surface area contributed by atoms with E-state index in [2.05, 4.69) is 31.0 Å². The number of alkyl halides is 2. The molecule has 4 aromatic heterocycles. The van der Waals surface area contributed by atoms with Crippen LogP contribution in [0.15, 0.2) is 41.5 Å². The minimum atomic E-state index is -2.82. The van der Waals surface area contributed by atoms with Crippen molar-refractivity contribution in [1.82, 2.24) is 24.6 Å². The second-order valence-electron chi connectivity index (χ2n) is 8.93. The van der Waals surface area contributed by atoms with E-state index in [4.69, 9.17) is 0 Å². The fourth-order valence-electron chi connectivity index (χ4n) is 4.34. The number of pyridine rings is 2. The van der Waals surface area contributed by atoms with Gasteiger partial charge < -0.3 is 9.80 Å². The van der Waals surface area contributed by atoms with Crippen LogP contribution in [0.2, 0.25) is 0 Å². The van der Waals surface area contributed by atoms with Gasteiger partial charge in [0.15, 0.2) is 11.5 Å². The monoisotopic (exact) mass is 477 g/mol. The Labute approximate surface area is 200 Å². The van der Waals surface area contributed by atoms with Gasteiger partial charge in [0.05, 0.1) is 0 Å². The van der Waals surface area contributed by atoms with Gasteiger partial charge in [0.25, 0.3) is 12.0 Å². The van der Waals surface area contributed by atoms with Gasteiger partial charge in [-0.1, -0.05) is 0 Å². The van der Waals surface area contributed by atoms with E-state index in [1.54, 1.807) is 6.92 Å². The highest BCUT2D eigenvalue weighted by molar-refractivity contribution is 5.65. The zero-order valence-electron chi connectivity index (χ0n) is 20.0. The molecule has 180 valence electrons. The number of anilines is 2. The SMILES string of the molecule is Cc1c(N2CCc3ncc(-c4ccc(N(C)C)nc4)cc3C2)nn2c(=O)cc(C(F)F)nc2c1C. The lowest BCUT2D eigenvalue weighted by Crippen LogP contribution is -2.34. The number of rotatable bonds is 4. The molecule has 0 bridgehead atoms. The van der Waals surface area contributed by atoms with E-state index in [0.717, 1.165) is 50.8 Å². The van der Waals surface area contributed by atoms with Crippen molar-refractivity contribution in [3.8, 4) is 11.1 Å². The maximum absolute atomic E-state index is 13.2. The minimum Gasteiger partial charge on any atom is -0.363 e. The third-order valence-corrected chi connectivity index (χ3v) is 6.45. The molecule has 0 fully saturated rings. The Morgan fingerprint density at radius 2 is 1.80 bits per heavy atom. The van der Waals surface area contributed by atoms with Gasteiger partial charge in [0.2, 0.25) is 0 Å². The van der Waals surface area contributed by atoms with Crippen molar-refractivity contribution in [2.75, 3.05) is 30.4 Å². The van der Waals surface area contributed by atoms with E-state index >= 15 is 0 Å². The van der Waals surface area contributed by atoms with Crippen LogP contribution in [0.3, 0.4) is 0 Å². The summed E-state index contributed by atoms with van der Waals surface area (Å²) < 4.78 is 27.5. The number of fused-ring (bicyclic) bond motifs is 2. The van der Waals surface area contributed by atoms with Crippen LogP contribution in [0.1, 0.15) is 34.5 Å². The molecule has 10 heteroatoms. The van der Waals surface area contributed by atoms with Gasteiger partial charge in [-0.05, 0) is 37.6 Å². The van der Waals surface area contributed by atoms with Crippen molar-refractivity contribution in [1.29, 1.82) is 0 Å². The Morgan fingerprint density at radius 1 is 1.03 bits per heavy atom. The topological polar surface area (TPSA) is 79.5 Å². The number of aromatic nitrogens is 5. The average molecular weight is 478 g/mol. The second kappa shape index (κ2) is 8.68. The first-order valence-corrected chi connectivity index (χ1v) is 11.3. The molecular weight excluding hydrogens is 452 g/mol. The van der Waals surface area contributed by atoms with Crippen LogP contribution in [0, 0.1) is 13.8 Å². The number of hydrogen-bond acceptors (Lipinski definition) is 7. The van der Waals surface area contributed by atoms with Crippen LogP contribution in [0.5, 0.6) is 0 Å². The summed E-state index contributed by atoms with van der Waals surface area (Å²) in [6, 6.07) is 6.96. The minimum absolute atomic E-state index is 0.157. The normalized spacial score (nSPS) is 13.4. The molecule has 0 radical (unpaired) electrons. The van der Waals surface area contributed by atoms with E-state index in [1.807, 2.05) is 50.4 Å². The lowest BCUT2D eigenvalue weighted by Gasteiger charge is -2.31. The molecule has 0 aliphatic carbocycles. The fraction of sp³-hybridized carbons (Fsp3) is 0.320. The van der Waals surface area contributed by atoms with E-state index < -0.39 is 17.7 Å². The zero-order valence-corrected chi connectivity index (χ0v) is 20.0. The highest BCUT2D eigenvalue weighted by Crippen LogP contribution is 2.30. The van der Waals surface area contributed by atoms with Crippen LogP contribution >= 0.6 is 0 Å². The second-order valence-corrected chi connectivity index (χ2v) is 8.93. The molecule has 35 heavy (non-hydrogen) atoms. The first-order valence-electron chi connectivity index (χ1n) is 11.3. The van der Waals surface area contributed by atoms with Crippen molar-refractivity contribution in [2.45, 2.75) is 33.2 Å². The summed E-state index contributed by atoms with van der Waals surface area (Å²) in [5, 5.41) is 4.53. The predicted molar refractivity (Wildman–Crippen MR) is 130 cm³/mol. The summed E-state index contributed by atoms with van der Waals surface area (Å²) in [6.07, 6.45) is 1.62. The summed E-state index contributed by atoms with van der Waals surface area (Å²) >= 11 is 0. The number of nitrogens with zero attached hydrogens (tertiary/aromatic N) is 7. The van der Waals surface area contributed by atoms with Gasteiger partial charge >= 0.3 is 0 Å². The summed E-state index contributed by atoms with van der Waals surface area (Å²) in [5.74, 6) is 1.52. The Bertz CT molecular complexity index is 1480. The standard InChI is InChI=1S/C25H25F2N7O/c1-14-15(2)25(31-34-22(35)10-20(23(26)27)30-24(14)34)33-8-7-19-18(13-33)9-17(12-28-19)16-5-6-21(29-11-16)32(3)4/h5-6,9-12,23H,7-8,13H2,1-4H3. The third-order valence-electron chi connectivity index (χ3n) is 6.45. The highest BCUT2D eigenvalue weighted by atomic mass is 19.3. The van der Waals surface area contributed by atoms with E-state index in [-0.39, 0.29) is 5.65 Å². The Morgan fingerprint density at radius 3 is 2.49 bits per heavy atom. The van der Waals surface area contributed by atoms with Gasteiger partial charge in [0, 0.05) is 80.0 Å². The molecule has 0 unspecified atom stereocenters. The highest BCUT2D eigenvalue weighted by Gasteiger charge is 2.24. The lowest BCUT2D eigenvalue weighted by molar-refractivity contribution is 0.146. The van der Waals surface area contributed by atoms with Crippen molar-refractivity contribution in [3.05, 3.63) is 75.1 Å². The summed E-state index contributed by atoms with van der Waals surface area (Å²) in [5.41, 5.74) is 4.51. The molecule has 5 rings (SSSR count). The summed E-state index contributed by atoms with van der Waals surface area (Å²) in [7, 11) is 3.90. The lowest BCUT2D eigenvalue weighted by atomic mass is 10.0. The fourth-order valence-corrected chi connectivity index (χ4v) is 4.34. The van der Waals surface area contributed by atoms with Crippen LogP contribution in [-0.4, -0.2) is 45.2 Å². The Balaban J connectivity index is 1.51. The van der Waals surface area contributed by atoms with E-state index in [0.29, 0.717) is 24.5 Å². The summed E-state index contributed by atoms with van der Waals surface area (Å²) in [6.45, 7) is 4.89. The Hall–Kier alpha value is -3.95. The molecule has 0 saturated carbocycles. The maximum atomic E-state index is 13.2. The van der Waals surface area contributed by atoms with Crippen LogP contribution in [-0.2, 0) is 13.0 Å². The molecule has 8 nitrogen and oxygen atoms in total. The van der Waals surface area contributed by atoms with Crippen molar-refractivity contribution in [2.24, 2.45) is 0 Å². The smallest absolute Gasteiger partial charge is 0.280 e. The molecular formula is C25H25F2N7O. The number of halogens is 2. The molecule has 0 amide bonds. The molecule has 0 N–H and O–H groups in total. The maximum Gasteiger partial charge on any atom is 0.280 e.